The van der Waals surface area contributed by atoms with Gasteiger partial charge in [-0.3, -0.25) is 10.1 Å². The molecule has 0 saturated heterocycles. The summed E-state index contributed by atoms with van der Waals surface area (Å²) < 4.78 is 0. The predicted molar refractivity (Wildman–Crippen MR) is 64.8 cm³/mol. The average Bonchev–Trinajstić information content (AvgIpc) is 2.64. The first kappa shape index (κ1) is 11.5. The zero-order chi connectivity index (χ0) is 12.4. The van der Waals surface area contributed by atoms with Crippen molar-refractivity contribution < 1.29 is 4.79 Å². The van der Waals surface area contributed by atoms with Gasteiger partial charge in [-0.15, -0.1) is 0 Å². The van der Waals surface area contributed by atoms with Crippen LogP contribution in [0.2, 0.25) is 5.15 Å². The number of allylic oxidation sites excluding steroid dienone is 1. The Morgan fingerprint density at radius 2 is 2.24 bits per heavy atom. The second-order valence-electron chi connectivity index (χ2n) is 3.65. The van der Waals surface area contributed by atoms with Crippen LogP contribution < -0.4 is 5.32 Å². The van der Waals surface area contributed by atoms with Crippen molar-refractivity contribution in [1.82, 2.24) is 19.9 Å². The van der Waals surface area contributed by atoms with Gasteiger partial charge in [-0.25, -0.2) is 4.98 Å². The largest absolute Gasteiger partial charge is 0.341 e. The maximum absolute atomic E-state index is 11.5. The van der Waals surface area contributed by atoms with Crippen LogP contribution in [0.5, 0.6) is 0 Å². The number of amides is 1. The summed E-state index contributed by atoms with van der Waals surface area (Å²) in [5.74, 6) is -0.159. The fourth-order valence-electron chi connectivity index (χ4n) is 1.26. The van der Waals surface area contributed by atoms with E-state index in [1.54, 1.807) is 0 Å². The fraction of sp³-hybridized carbons (Fsp3) is 0.200. The molecule has 0 radical (unpaired) electrons. The number of aromatic nitrogens is 4. The molecule has 0 saturated carbocycles. The number of imidazole rings is 1. The van der Waals surface area contributed by atoms with Crippen molar-refractivity contribution >= 4 is 34.6 Å². The molecule has 0 atom stereocenters. The van der Waals surface area contributed by atoms with Gasteiger partial charge >= 0.3 is 0 Å². The first-order valence-electron chi connectivity index (χ1n) is 4.89. The third-order valence-corrected chi connectivity index (χ3v) is 2.17. The van der Waals surface area contributed by atoms with Gasteiger partial charge in [0, 0.05) is 6.08 Å². The third kappa shape index (κ3) is 2.59. The molecule has 88 valence electrons. The Labute approximate surface area is 102 Å². The van der Waals surface area contributed by atoms with E-state index >= 15 is 0 Å². The number of carbonyl (C=O) groups excluding carboxylic acids is 1. The molecule has 17 heavy (non-hydrogen) atoms. The minimum atomic E-state index is -0.295. The molecule has 0 aliphatic carbocycles. The second kappa shape index (κ2) is 4.50. The Hall–Kier alpha value is -1.95. The summed E-state index contributed by atoms with van der Waals surface area (Å²) in [6, 6.07) is 0. The molecule has 0 aromatic carbocycles. The number of rotatable bonds is 2. The number of hydrogen-bond acceptors (Lipinski definition) is 4. The van der Waals surface area contributed by atoms with E-state index in [4.69, 9.17) is 11.6 Å². The molecule has 0 bridgehead atoms. The summed E-state index contributed by atoms with van der Waals surface area (Å²) in [5.41, 5.74) is 1.85. The van der Waals surface area contributed by atoms with Crippen LogP contribution in [-0.4, -0.2) is 25.8 Å². The number of nitrogens with zero attached hydrogens (tertiary/aromatic N) is 3. The standard InChI is InChI=1S/C10H10ClN5O/c1-5(2)3-6(17)14-10-15-8(11)7-9(16-10)13-4-12-7/h3-4H,1-2H3,(H2,12,13,14,15,16,17). The summed E-state index contributed by atoms with van der Waals surface area (Å²) in [7, 11) is 0. The van der Waals surface area contributed by atoms with Crippen LogP contribution in [0.3, 0.4) is 0 Å². The maximum Gasteiger partial charge on any atom is 0.250 e. The maximum atomic E-state index is 11.5. The SMILES string of the molecule is CC(C)=CC(=O)Nc1nc(Cl)c2[nH]cnc2n1. The van der Waals surface area contributed by atoms with Gasteiger partial charge in [0.15, 0.2) is 10.8 Å². The molecule has 1 amide bonds. The van der Waals surface area contributed by atoms with Crippen LogP contribution in [0.4, 0.5) is 5.95 Å². The Kier molecular flexibility index (Phi) is 3.06. The second-order valence-corrected chi connectivity index (χ2v) is 4.01. The molecule has 0 fully saturated rings. The van der Waals surface area contributed by atoms with Gasteiger partial charge in [0.1, 0.15) is 5.52 Å². The average molecular weight is 252 g/mol. The van der Waals surface area contributed by atoms with E-state index in [0.717, 1.165) is 5.57 Å². The normalized spacial score (nSPS) is 10.3. The first-order valence-corrected chi connectivity index (χ1v) is 5.26. The Balaban J connectivity index is 2.30. The van der Waals surface area contributed by atoms with Gasteiger partial charge < -0.3 is 4.98 Å². The van der Waals surface area contributed by atoms with E-state index in [0.29, 0.717) is 11.2 Å². The molecule has 2 rings (SSSR count). The molecule has 0 unspecified atom stereocenters. The molecule has 0 aliphatic heterocycles. The summed E-state index contributed by atoms with van der Waals surface area (Å²) >= 11 is 5.90. The highest BCUT2D eigenvalue weighted by Crippen LogP contribution is 2.18. The summed E-state index contributed by atoms with van der Waals surface area (Å²) in [6.07, 6.45) is 2.92. The van der Waals surface area contributed by atoms with E-state index in [-0.39, 0.29) is 17.0 Å². The van der Waals surface area contributed by atoms with Crippen molar-refractivity contribution in [2.24, 2.45) is 0 Å². The Bertz CT molecular complexity index is 600. The molecule has 2 heterocycles. The third-order valence-electron chi connectivity index (χ3n) is 1.90. The molecule has 2 N–H and O–H groups in total. The molecular formula is C10H10ClN5O. The molecule has 2 aromatic rings. The quantitative estimate of drug-likeness (QED) is 0.631. The zero-order valence-corrected chi connectivity index (χ0v) is 10.0. The van der Waals surface area contributed by atoms with Crippen molar-refractivity contribution in [3.63, 3.8) is 0 Å². The topological polar surface area (TPSA) is 83.6 Å². The van der Waals surface area contributed by atoms with Gasteiger partial charge in [0.05, 0.1) is 6.33 Å². The number of hydrogen-bond donors (Lipinski definition) is 2. The van der Waals surface area contributed by atoms with Crippen molar-refractivity contribution in [3.8, 4) is 0 Å². The lowest BCUT2D eigenvalue weighted by Crippen LogP contribution is -2.11. The van der Waals surface area contributed by atoms with Gasteiger partial charge in [-0.05, 0) is 13.8 Å². The van der Waals surface area contributed by atoms with Crippen LogP contribution in [0.1, 0.15) is 13.8 Å². The number of H-pyrrole nitrogens is 1. The van der Waals surface area contributed by atoms with Crippen LogP contribution in [0, 0.1) is 0 Å². The molecular weight excluding hydrogens is 242 g/mol. The van der Waals surface area contributed by atoms with Gasteiger partial charge in [-0.1, -0.05) is 17.2 Å². The van der Waals surface area contributed by atoms with E-state index in [1.165, 1.54) is 12.4 Å². The fourth-order valence-corrected chi connectivity index (χ4v) is 1.48. The number of aromatic amines is 1. The van der Waals surface area contributed by atoms with Gasteiger partial charge in [0.25, 0.3) is 5.91 Å². The number of halogens is 1. The van der Waals surface area contributed by atoms with Crippen molar-refractivity contribution in [2.45, 2.75) is 13.8 Å². The van der Waals surface area contributed by atoms with Crippen molar-refractivity contribution in [2.75, 3.05) is 5.32 Å². The minimum Gasteiger partial charge on any atom is -0.341 e. The van der Waals surface area contributed by atoms with Crippen LogP contribution in [0.25, 0.3) is 11.2 Å². The van der Waals surface area contributed by atoms with Crippen LogP contribution in [0.15, 0.2) is 18.0 Å². The van der Waals surface area contributed by atoms with E-state index in [1.807, 2.05) is 13.8 Å². The number of anilines is 1. The lowest BCUT2D eigenvalue weighted by molar-refractivity contribution is -0.112. The van der Waals surface area contributed by atoms with Crippen molar-refractivity contribution in [1.29, 1.82) is 0 Å². The number of nitrogens with one attached hydrogen (secondary N) is 2. The highest BCUT2D eigenvalue weighted by molar-refractivity contribution is 6.33. The number of fused-ring (bicyclic) bond motifs is 1. The summed E-state index contributed by atoms with van der Waals surface area (Å²) in [5, 5.41) is 2.74. The van der Waals surface area contributed by atoms with Gasteiger partial charge in [-0.2, -0.15) is 9.97 Å². The van der Waals surface area contributed by atoms with Crippen molar-refractivity contribution in [3.05, 3.63) is 23.1 Å². The van der Waals surface area contributed by atoms with Gasteiger partial charge in [0.2, 0.25) is 5.95 Å². The molecule has 2 aromatic heterocycles. The predicted octanol–water partition coefficient (Wildman–Crippen LogP) is 1.91. The Morgan fingerprint density at radius 3 is 2.94 bits per heavy atom. The summed E-state index contributed by atoms with van der Waals surface area (Å²) in [4.78, 5) is 26.2. The first-order chi connectivity index (χ1) is 8.06. The monoisotopic (exact) mass is 251 g/mol. The highest BCUT2D eigenvalue weighted by Gasteiger charge is 2.09. The lowest BCUT2D eigenvalue weighted by atomic mass is 10.3. The number of carbonyl (C=O) groups is 1. The Morgan fingerprint density at radius 1 is 1.47 bits per heavy atom. The zero-order valence-electron chi connectivity index (χ0n) is 9.28. The molecule has 0 spiro atoms. The summed E-state index contributed by atoms with van der Waals surface area (Å²) in [6.45, 7) is 3.65. The van der Waals surface area contributed by atoms with Crippen LogP contribution >= 0.6 is 11.6 Å². The highest BCUT2D eigenvalue weighted by atomic mass is 35.5. The molecule has 7 heteroatoms. The van der Waals surface area contributed by atoms with E-state index < -0.39 is 0 Å². The molecule has 0 aliphatic rings. The smallest absolute Gasteiger partial charge is 0.250 e. The van der Waals surface area contributed by atoms with Crippen LogP contribution in [-0.2, 0) is 4.79 Å². The molecule has 6 nitrogen and oxygen atoms in total. The van der Waals surface area contributed by atoms with E-state index in [9.17, 15) is 4.79 Å². The minimum absolute atomic E-state index is 0.136. The van der Waals surface area contributed by atoms with E-state index in [2.05, 4.69) is 25.3 Å². The lowest BCUT2D eigenvalue weighted by Gasteiger charge is -2.01.